The van der Waals surface area contributed by atoms with Gasteiger partial charge in [-0.3, -0.25) is 0 Å². The van der Waals surface area contributed by atoms with Gasteiger partial charge >= 0.3 is 0 Å². The van der Waals surface area contributed by atoms with E-state index in [-0.39, 0.29) is 0 Å². The van der Waals surface area contributed by atoms with Crippen molar-refractivity contribution in [2.24, 2.45) is 10.8 Å². The molecule has 0 saturated heterocycles. The van der Waals surface area contributed by atoms with E-state index >= 15 is 0 Å². The highest BCUT2D eigenvalue weighted by Crippen LogP contribution is 2.30. The van der Waals surface area contributed by atoms with E-state index in [1.165, 1.54) is 0 Å². The second kappa shape index (κ2) is 6.22. The first-order valence-electron chi connectivity index (χ1n) is 5.69. The summed E-state index contributed by atoms with van der Waals surface area (Å²) in [6.45, 7) is 0. The fourth-order valence-corrected chi connectivity index (χ4v) is 1.81. The lowest BCUT2D eigenvalue weighted by Crippen LogP contribution is -2.30. The molecule has 0 aliphatic rings. The summed E-state index contributed by atoms with van der Waals surface area (Å²) < 4.78 is 5.25. The van der Waals surface area contributed by atoms with Crippen molar-refractivity contribution in [3.63, 3.8) is 0 Å². The number of hydrazine groups is 1. The Morgan fingerprint density at radius 3 is 2.58 bits per heavy atom. The molecule has 0 unspecified atom stereocenters. The molecule has 0 atom stereocenters. The zero-order chi connectivity index (χ0) is 13.7. The molecule has 5 heteroatoms. The minimum absolute atomic E-state index is 0.543. The Bertz CT molecular complexity index is 584. The number of rotatable bonds is 3. The zero-order valence-corrected chi connectivity index (χ0v) is 11.2. The molecule has 2 rings (SSSR count). The Labute approximate surface area is 116 Å². The molecule has 2 aromatic rings. The number of hydrogen-bond donors (Lipinski definition) is 2. The minimum Gasteiger partial charge on any atom is -0.494 e. The standard InChI is InChI=1S/C14H14ClN3O/c1-19-13-8-7-11(15)9-12(13)17-14(18-16)10-5-3-2-4-6-10/h2-9H,16H2,1H3,(H,17,18). The summed E-state index contributed by atoms with van der Waals surface area (Å²) in [5.74, 6) is 6.70. The van der Waals surface area contributed by atoms with Crippen molar-refractivity contribution in [2.75, 3.05) is 7.11 Å². The molecular weight excluding hydrogens is 262 g/mol. The molecule has 0 aliphatic heterocycles. The predicted molar refractivity (Wildman–Crippen MR) is 78.0 cm³/mol. The van der Waals surface area contributed by atoms with Crippen molar-refractivity contribution in [2.45, 2.75) is 0 Å². The van der Waals surface area contributed by atoms with Gasteiger partial charge in [0.25, 0.3) is 0 Å². The SMILES string of the molecule is COc1ccc(Cl)cc1N=C(NN)c1ccccc1. The second-order valence-electron chi connectivity index (χ2n) is 3.79. The Balaban J connectivity index is 2.46. The van der Waals surface area contributed by atoms with Crippen molar-refractivity contribution < 1.29 is 4.74 Å². The van der Waals surface area contributed by atoms with Crippen LogP contribution in [-0.4, -0.2) is 12.9 Å². The lowest BCUT2D eigenvalue weighted by molar-refractivity contribution is 0.416. The van der Waals surface area contributed by atoms with Crippen LogP contribution in [0.25, 0.3) is 0 Å². The molecule has 0 heterocycles. The van der Waals surface area contributed by atoms with Crippen molar-refractivity contribution in [1.29, 1.82) is 0 Å². The number of ether oxygens (including phenoxy) is 1. The Kier molecular flexibility index (Phi) is 4.39. The van der Waals surface area contributed by atoms with Gasteiger partial charge in [0.15, 0.2) is 0 Å². The highest BCUT2D eigenvalue weighted by atomic mass is 35.5. The maximum absolute atomic E-state index is 5.97. The third-order valence-electron chi connectivity index (χ3n) is 2.56. The number of aliphatic imine (C=N–C) groups is 1. The summed E-state index contributed by atoms with van der Waals surface area (Å²) in [5.41, 5.74) is 4.09. The average molecular weight is 276 g/mol. The first kappa shape index (κ1) is 13.4. The zero-order valence-electron chi connectivity index (χ0n) is 10.4. The lowest BCUT2D eigenvalue weighted by Gasteiger charge is -2.08. The molecule has 98 valence electrons. The summed E-state index contributed by atoms with van der Waals surface area (Å²) in [6, 6.07) is 14.8. The third-order valence-corrected chi connectivity index (χ3v) is 2.79. The second-order valence-corrected chi connectivity index (χ2v) is 4.22. The van der Waals surface area contributed by atoms with Crippen LogP contribution in [0.1, 0.15) is 5.56 Å². The minimum atomic E-state index is 0.543. The van der Waals surface area contributed by atoms with E-state index in [1.807, 2.05) is 30.3 Å². The first-order valence-corrected chi connectivity index (χ1v) is 6.06. The van der Waals surface area contributed by atoms with Crippen LogP contribution in [0.15, 0.2) is 53.5 Å². The van der Waals surface area contributed by atoms with Gasteiger partial charge in [0.1, 0.15) is 17.3 Å². The molecule has 3 N–H and O–H groups in total. The van der Waals surface area contributed by atoms with Crippen LogP contribution in [0.3, 0.4) is 0 Å². The van der Waals surface area contributed by atoms with Gasteiger partial charge in [-0.05, 0) is 18.2 Å². The maximum atomic E-state index is 5.97. The number of hydrogen-bond acceptors (Lipinski definition) is 3. The van der Waals surface area contributed by atoms with Gasteiger partial charge in [0, 0.05) is 10.6 Å². The Hall–Kier alpha value is -2.04. The van der Waals surface area contributed by atoms with Crippen LogP contribution in [0, 0.1) is 0 Å². The lowest BCUT2D eigenvalue weighted by atomic mass is 10.2. The monoisotopic (exact) mass is 275 g/mol. The van der Waals surface area contributed by atoms with Gasteiger partial charge in [-0.25, -0.2) is 10.8 Å². The molecule has 0 fully saturated rings. The largest absolute Gasteiger partial charge is 0.494 e. The molecule has 0 bridgehead atoms. The van der Waals surface area contributed by atoms with Gasteiger partial charge in [-0.2, -0.15) is 0 Å². The number of amidine groups is 1. The van der Waals surface area contributed by atoms with Crippen LogP contribution in [0.4, 0.5) is 5.69 Å². The predicted octanol–water partition coefficient (Wildman–Crippen LogP) is 2.89. The van der Waals surface area contributed by atoms with Crippen molar-refractivity contribution in [3.05, 3.63) is 59.1 Å². The van der Waals surface area contributed by atoms with E-state index in [1.54, 1.807) is 25.3 Å². The number of halogens is 1. The molecule has 19 heavy (non-hydrogen) atoms. The summed E-state index contributed by atoms with van der Waals surface area (Å²) in [4.78, 5) is 4.45. The van der Waals surface area contributed by atoms with Crippen LogP contribution < -0.4 is 16.0 Å². The van der Waals surface area contributed by atoms with E-state index < -0.39 is 0 Å². The highest BCUT2D eigenvalue weighted by molar-refractivity contribution is 6.30. The average Bonchev–Trinajstić information content (AvgIpc) is 2.46. The Morgan fingerprint density at radius 2 is 1.95 bits per heavy atom. The molecule has 0 amide bonds. The Morgan fingerprint density at radius 1 is 1.21 bits per heavy atom. The van der Waals surface area contributed by atoms with E-state index in [0.29, 0.717) is 22.3 Å². The normalized spacial score (nSPS) is 11.2. The summed E-state index contributed by atoms with van der Waals surface area (Å²) >= 11 is 5.97. The van der Waals surface area contributed by atoms with Crippen LogP contribution in [0.2, 0.25) is 5.02 Å². The maximum Gasteiger partial charge on any atom is 0.148 e. The fourth-order valence-electron chi connectivity index (χ4n) is 1.65. The van der Waals surface area contributed by atoms with Crippen LogP contribution >= 0.6 is 11.6 Å². The number of nitrogens with one attached hydrogen (secondary N) is 1. The van der Waals surface area contributed by atoms with Crippen LogP contribution in [-0.2, 0) is 0 Å². The van der Waals surface area contributed by atoms with E-state index in [0.717, 1.165) is 5.56 Å². The van der Waals surface area contributed by atoms with Gasteiger partial charge in [-0.15, -0.1) is 0 Å². The number of nitrogens with two attached hydrogens (primary N) is 1. The molecular formula is C14H14ClN3O. The van der Waals surface area contributed by atoms with Crippen molar-refractivity contribution in [1.82, 2.24) is 5.43 Å². The molecule has 0 aromatic heterocycles. The van der Waals surface area contributed by atoms with E-state index in [2.05, 4.69) is 10.4 Å². The first-order chi connectivity index (χ1) is 9.24. The fraction of sp³-hybridized carbons (Fsp3) is 0.0714. The van der Waals surface area contributed by atoms with Gasteiger partial charge in [0.2, 0.25) is 0 Å². The van der Waals surface area contributed by atoms with Crippen molar-refractivity contribution in [3.8, 4) is 5.75 Å². The molecule has 0 aliphatic carbocycles. The van der Waals surface area contributed by atoms with E-state index in [9.17, 15) is 0 Å². The molecule has 0 spiro atoms. The van der Waals surface area contributed by atoms with Gasteiger partial charge in [-0.1, -0.05) is 41.9 Å². The number of nitrogens with zero attached hydrogens (tertiary/aromatic N) is 1. The van der Waals surface area contributed by atoms with Gasteiger partial charge < -0.3 is 10.2 Å². The molecule has 4 nitrogen and oxygen atoms in total. The summed E-state index contributed by atoms with van der Waals surface area (Å²) in [5, 5.41) is 0.587. The quantitative estimate of drug-likeness (QED) is 0.392. The molecule has 0 radical (unpaired) electrons. The number of methoxy groups -OCH3 is 1. The van der Waals surface area contributed by atoms with E-state index in [4.69, 9.17) is 22.2 Å². The van der Waals surface area contributed by atoms with Gasteiger partial charge in [0.05, 0.1) is 7.11 Å². The highest BCUT2D eigenvalue weighted by Gasteiger charge is 2.06. The molecule has 2 aromatic carbocycles. The summed E-state index contributed by atoms with van der Waals surface area (Å²) in [6.07, 6.45) is 0. The smallest absolute Gasteiger partial charge is 0.148 e. The van der Waals surface area contributed by atoms with Crippen molar-refractivity contribution >= 4 is 23.1 Å². The van der Waals surface area contributed by atoms with Crippen LogP contribution in [0.5, 0.6) is 5.75 Å². The number of benzene rings is 2. The molecule has 0 saturated carbocycles. The third kappa shape index (κ3) is 3.24. The summed E-state index contributed by atoms with van der Waals surface area (Å²) in [7, 11) is 1.58. The topological polar surface area (TPSA) is 59.6 Å².